The zero-order valence-electron chi connectivity index (χ0n) is 11.4. The highest BCUT2D eigenvalue weighted by Crippen LogP contribution is 2.29. The zero-order valence-corrected chi connectivity index (χ0v) is 11.4. The first kappa shape index (κ1) is 12.9. The first-order valence-corrected chi connectivity index (χ1v) is 7.16. The van der Waals surface area contributed by atoms with E-state index in [9.17, 15) is 4.79 Å². The van der Waals surface area contributed by atoms with E-state index in [1.165, 1.54) is 37.3 Å². The standard InChI is InChI=1S/C16H19N3O/c17-15(20)6-5-13-10-19-16-14(13)8-12(9-18-16)7-11-3-1-2-4-11/h5-6,8-11H,1-4,7H2,(H2,17,20)(H,18,19). The quantitative estimate of drug-likeness (QED) is 0.838. The number of primary amides is 1. The van der Waals surface area contributed by atoms with Crippen molar-refractivity contribution >= 4 is 23.0 Å². The number of nitrogens with two attached hydrogens (primary N) is 1. The molecular weight excluding hydrogens is 250 g/mol. The summed E-state index contributed by atoms with van der Waals surface area (Å²) in [6, 6.07) is 2.18. The van der Waals surface area contributed by atoms with Crippen LogP contribution in [0.1, 0.15) is 36.8 Å². The van der Waals surface area contributed by atoms with E-state index in [0.29, 0.717) is 0 Å². The molecule has 0 aromatic carbocycles. The number of rotatable bonds is 4. The van der Waals surface area contributed by atoms with Gasteiger partial charge in [-0.15, -0.1) is 0 Å². The Balaban J connectivity index is 1.88. The molecule has 2 aromatic heterocycles. The van der Waals surface area contributed by atoms with Gasteiger partial charge in [0.2, 0.25) is 5.91 Å². The van der Waals surface area contributed by atoms with Crippen LogP contribution in [0, 0.1) is 5.92 Å². The maximum absolute atomic E-state index is 10.8. The minimum absolute atomic E-state index is 0.436. The molecule has 0 radical (unpaired) electrons. The van der Waals surface area contributed by atoms with E-state index in [0.717, 1.165) is 28.9 Å². The molecule has 1 aliphatic carbocycles. The van der Waals surface area contributed by atoms with Crippen molar-refractivity contribution in [3.05, 3.63) is 35.7 Å². The fraction of sp³-hybridized carbons (Fsp3) is 0.375. The third kappa shape index (κ3) is 2.74. The Labute approximate surface area is 118 Å². The van der Waals surface area contributed by atoms with E-state index in [2.05, 4.69) is 16.0 Å². The van der Waals surface area contributed by atoms with E-state index in [1.54, 1.807) is 6.08 Å². The number of aromatic nitrogens is 2. The fourth-order valence-corrected chi connectivity index (χ4v) is 3.04. The molecule has 104 valence electrons. The van der Waals surface area contributed by atoms with Crippen molar-refractivity contribution in [1.82, 2.24) is 9.97 Å². The molecule has 2 heterocycles. The number of carbonyl (C=O) groups excluding carboxylic acids is 1. The SMILES string of the molecule is NC(=O)C=Cc1c[nH]c2ncc(CC3CCCC3)cc12. The Bertz CT molecular complexity index is 651. The zero-order chi connectivity index (χ0) is 13.9. The molecule has 0 spiro atoms. The molecule has 4 heteroatoms. The molecule has 1 saturated carbocycles. The molecular formula is C16H19N3O. The molecule has 4 nitrogen and oxygen atoms in total. The lowest BCUT2D eigenvalue weighted by molar-refractivity contribution is -0.113. The number of aromatic amines is 1. The second-order valence-electron chi connectivity index (χ2n) is 5.57. The number of hydrogen-bond acceptors (Lipinski definition) is 2. The molecule has 1 fully saturated rings. The Kier molecular flexibility index (Phi) is 3.54. The van der Waals surface area contributed by atoms with Gasteiger partial charge in [0.1, 0.15) is 5.65 Å². The van der Waals surface area contributed by atoms with Gasteiger partial charge in [0.15, 0.2) is 0 Å². The molecule has 0 unspecified atom stereocenters. The number of amides is 1. The van der Waals surface area contributed by atoms with Crippen LogP contribution in [-0.4, -0.2) is 15.9 Å². The van der Waals surface area contributed by atoms with Gasteiger partial charge in [0.05, 0.1) is 0 Å². The average molecular weight is 269 g/mol. The summed E-state index contributed by atoms with van der Waals surface area (Å²) in [7, 11) is 0. The predicted molar refractivity (Wildman–Crippen MR) is 80.0 cm³/mol. The third-order valence-electron chi connectivity index (χ3n) is 4.05. The molecule has 0 saturated heterocycles. The Morgan fingerprint density at radius 2 is 2.25 bits per heavy atom. The Morgan fingerprint density at radius 1 is 1.45 bits per heavy atom. The van der Waals surface area contributed by atoms with Crippen LogP contribution in [0.25, 0.3) is 17.1 Å². The smallest absolute Gasteiger partial charge is 0.241 e. The molecule has 3 rings (SSSR count). The van der Waals surface area contributed by atoms with Gasteiger partial charge in [-0.1, -0.05) is 25.7 Å². The normalized spacial score (nSPS) is 16.4. The minimum Gasteiger partial charge on any atom is -0.366 e. The number of hydrogen-bond donors (Lipinski definition) is 2. The van der Waals surface area contributed by atoms with E-state index in [-0.39, 0.29) is 0 Å². The van der Waals surface area contributed by atoms with Gasteiger partial charge >= 0.3 is 0 Å². The fourth-order valence-electron chi connectivity index (χ4n) is 3.04. The maximum Gasteiger partial charge on any atom is 0.241 e. The number of H-pyrrole nitrogens is 1. The van der Waals surface area contributed by atoms with Crippen molar-refractivity contribution in [2.75, 3.05) is 0 Å². The first-order valence-electron chi connectivity index (χ1n) is 7.16. The average Bonchev–Trinajstić information content (AvgIpc) is 3.05. The van der Waals surface area contributed by atoms with E-state index in [1.807, 2.05) is 12.4 Å². The molecule has 1 aliphatic rings. The summed E-state index contributed by atoms with van der Waals surface area (Å²) in [6.45, 7) is 0. The molecule has 2 aromatic rings. The lowest BCUT2D eigenvalue weighted by atomic mass is 9.98. The molecule has 20 heavy (non-hydrogen) atoms. The minimum atomic E-state index is -0.436. The highest BCUT2D eigenvalue weighted by atomic mass is 16.1. The van der Waals surface area contributed by atoms with Gasteiger partial charge in [-0.2, -0.15) is 0 Å². The largest absolute Gasteiger partial charge is 0.366 e. The monoisotopic (exact) mass is 269 g/mol. The van der Waals surface area contributed by atoms with Crippen molar-refractivity contribution in [2.24, 2.45) is 11.7 Å². The highest BCUT2D eigenvalue weighted by molar-refractivity contribution is 5.94. The van der Waals surface area contributed by atoms with Crippen molar-refractivity contribution < 1.29 is 4.79 Å². The van der Waals surface area contributed by atoms with Gasteiger partial charge in [-0.3, -0.25) is 4.79 Å². The van der Waals surface area contributed by atoms with Crippen molar-refractivity contribution in [3.8, 4) is 0 Å². The topological polar surface area (TPSA) is 71.8 Å². The predicted octanol–water partition coefficient (Wildman–Crippen LogP) is 2.79. The van der Waals surface area contributed by atoms with Crippen LogP contribution in [0.5, 0.6) is 0 Å². The number of carbonyl (C=O) groups is 1. The van der Waals surface area contributed by atoms with Crippen LogP contribution >= 0.6 is 0 Å². The Morgan fingerprint density at radius 3 is 3.00 bits per heavy atom. The lowest BCUT2D eigenvalue weighted by Crippen LogP contribution is -2.05. The van der Waals surface area contributed by atoms with Crippen molar-refractivity contribution in [2.45, 2.75) is 32.1 Å². The van der Waals surface area contributed by atoms with Gasteiger partial charge in [-0.05, 0) is 30.0 Å². The maximum atomic E-state index is 10.8. The summed E-state index contributed by atoms with van der Waals surface area (Å²) < 4.78 is 0. The lowest BCUT2D eigenvalue weighted by Gasteiger charge is -2.08. The summed E-state index contributed by atoms with van der Waals surface area (Å²) in [5.74, 6) is 0.368. The first-order chi connectivity index (χ1) is 9.72. The number of nitrogens with zero attached hydrogens (tertiary/aromatic N) is 1. The van der Waals surface area contributed by atoms with Crippen LogP contribution in [0.2, 0.25) is 0 Å². The number of nitrogens with one attached hydrogen (secondary N) is 1. The second-order valence-corrected chi connectivity index (χ2v) is 5.57. The summed E-state index contributed by atoms with van der Waals surface area (Å²) >= 11 is 0. The van der Waals surface area contributed by atoms with Gasteiger partial charge in [0.25, 0.3) is 0 Å². The van der Waals surface area contributed by atoms with Crippen LogP contribution in [-0.2, 0) is 11.2 Å². The Hall–Kier alpha value is -2.10. The van der Waals surface area contributed by atoms with Crippen molar-refractivity contribution in [3.63, 3.8) is 0 Å². The number of fused-ring (bicyclic) bond motifs is 1. The summed E-state index contributed by atoms with van der Waals surface area (Å²) in [6.07, 6.45) is 13.4. The second kappa shape index (κ2) is 5.49. The van der Waals surface area contributed by atoms with Crippen molar-refractivity contribution in [1.29, 1.82) is 0 Å². The van der Waals surface area contributed by atoms with Gasteiger partial charge < -0.3 is 10.7 Å². The van der Waals surface area contributed by atoms with Gasteiger partial charge in [0, 0.05) is 29.4 Å². The molecule has 0 aliphatic heterocycles. The summed E-state index contributed by atoms with van der Waals surface area (Å²) in [5, 5.41) is 1.05. The van der Waals surface area contributed by atoms with Crippen LogP contribution < -0.4 is 5.73 Å². The molecule has 0 atom stereocenters. The molecule has 0 bridgehead atoms. The summed E-state index contributed by atoms with van der Waals surface area (Å²) in [5.41, 5.74) is 8.23. The van der Waals surface area contributed by atoms with E-state index in [4.69, 9.17) is 5.73 Å². The number of pyridine rings is 1. The van der Waals surface area contributed by atoms with E-state index >= 15 is 0 Å². The molecule has 1 amide bonds. The highest BCUT2D eigenvalue weighted by Gasteiger charge is 2.16. The van der Waals surface area contributed by atoms with E-state index < -0.39 is 5.91 Å². The summed E-state index contributed by atoms with van der Waals surface area (Å²) in [4.78, 5) is 18.4. The van der Waals surface area contributed by atoms with Crippen LogP contribution in [0.4, 0.5) is 0 Å². The third-order valence-corrected chi connectivity index (χ3v) is 4.05. The van der Waals surface area contributed by atoms with Crippen LogP contribution in [0.3, 0.4) is 0 Å². The van der Waals surface area contributed by atoms with Gasteiger partial charge in [-0.25, -0.2) is 4.98 Å². The molecule has 3 N–H and O–H groups in total. The van der Waals surface area contributed by atoms with Crippen LogP contribution in [0.15, 0.2) is 24.5 Å².